The monoisotopic (exact) mass is 377 g/mol. The van der Waals surface area contributed by atoms with Gasteiger partial charge in [-0.25, -0.2) is 9.18 Å². The predicted octanol–water partition coefficient (Wildman–Crippen LogP) is 5.18. The molecule has 0 aliphatic rings. The third kappa shape index (κ3) is 4.82. The van der Waals surface area contributed by atoms with Crippen LogP contribution in [0.1, 0.15) is 49.0 Å². The molecule has 1 N–H and O–H groups in total. The largest absolute Gasteiger partial charge is 0.449 e. The van der Waals surface area contributed by atoms with Gasteiger partial charge in [-0.1, -0.05) is 43.6 Å². The summed E-state index contributed by atoms with van der Waals surface area (Å²) in [5, 5.41) is 2.73. The first-order valence-corrected chi connectivity index (χ1v) is 8.77. The number of rotatable bonds is 6. The van der Waals surface area contributed by atoms with E-state index >= 15 is 0 Å². The van der Waals surface area contributed by atoms with Gasteiger partial charge >= 0.3 is 5.97 Å². The van der Waals surface area contributed by atoms with Crippen molar-refractivity contribution < 1.29 is 18.7 Å². The quantitative estimate of drug-likeness (QED) is 0.706. The summed E-state index contributed by atoms with van der Waals surface area (Å²) >= 11 is 5.85. The van der Waals surface area contributed by atoms with Crippen LogP contribution in [-0.4, -0.2) is 18.0 Å². The molecule has 138 valence electrons. The van der Waals surface area contributed by atoms with Crippen molar-refractivity contribution in [1.82, 2.24) is 0 Å². The Labute approximate surface area is 157 Å². The second-order valence-electron chi connectivity index (χ2n) is 6.06. The van der Waals surface area contributed by atoms with Gasteiger partial charge in [0.2, 0.25) is 0 Å². The Morgan fingerprint density at radius 3 is 2.54 bits per heavy atom. The van der Waals surface area contributed by atoms with Crippen LogP contribution in [0.4, 0.5) is 10.1 Å². The zero-order valence-electron chi connectivity index (χ0n) is 14.9. The van der Waals surface area contributed by atoms with Crippen molar-refractivity contribution in [1.29, 1.82) is 0 Å². The summed E-state index contributed by atoms with van der Waals surface area (Å²) in [4.78, 5) is 24.6. The lowest BCUT2D eigenvalue weighted by molar-refractivity contribution is -0.123. The maximum Gasteiger partial charge on any atom is 0.340 e. The van der Waals surface area contributed by atoms with Gasteiger partial charge in [0.25, 0.3) is 5.91 Å². The highest BCUT2D eigenvalue weighted by atomic mass is 35.5. The smallest absolute Gasteiger partial charge is 0.340 e. The van der Waals surface area contributed by atoms with E-state index in [-0.39, 0.29) is 16.5 Å². The van der Waals surface area contributed by atoms with E-state index in [2.05, 4.69) is 19.2 Å². The summed E-state index contributed by atoms with van der Waals surface area (Å²) in [5.41, 5.74) is 1.71. The molecule has 0 unspecified atom stereocenters. The number of amides is 1. The standard InChI is InChI=1S/C20H21ClFNO3/c1-4-12(2)15-7-5-6-8-18(15)23-19(24)13(3)26-20(25)16-10-9-14(22)11-17(16)21/h5-13H,4H2,1-3H3,(H,23,24)/t12-,13+/m0/s1. The highest BCUT2D eigenvalue weighted by molar-refractivity contribution is 6.33. The Morgan fingerprint density at radius 1 is 1.19 bits per heavy atom. The van der Waals surface area contributed by atoms with Gasteiger partial charge < -0.3 is 10.1 Å². The fraction of sp³-hybridized carbons (Fsp3) is 0.300. The number of anilines is 1. The van der Waals surface area contributed by atoms with Gasteiger partial charge in [0.05, 0.1) is 10.6 Å². The van der Waals surface area contributed by atoms with Gasteiger partial charge in [0.1, 0.15) is 5.82 Å². The summed E-state index contributed by atoms with van der Waals surface area (Å²) in [6.07, 6.45) is -0.103. The van der Waals surface area contributed by atoms with Crippen LogP contribution >= 0.6 is 11.6 Å². The van der Waals surface area contributed by atoms with Crippen LogP contribution in [0.25, 0.3) is 0 Å². The molecule has 0 spiro atoms. The molecule has 4 nitrogen and oxygen atoms in total. The molecule has 2 rings (SSSR count). The first-order valence-electron chi connectivity index (χ1n) is 8.39. The van der Waals surface area contributed by atoms with Crippen LogP contribution in [0.15, 0.2) is 42.5 Å². The third-order valence-electron chi connectivity index (χ3n) is 4.17. The molecule has 0 radical (unpaired) electrons. The van der Waals surface area contributed by atoms with Gasteiger partial charge in [0.15, 0.2) is 6.10 Å². The Bertz CT molecular complexity index is 809. The van der Waals surface area contributed by atoms with Crippen molar-refractivity contribution in [2.75, 3.05) is 5.32 Å². The Hall–Kier alpha value is -2.40. The zero-order valence-corrected chi connectivity index (χ0v) is 15.6. The molecule has 2 aromatic rings. The summed E-state index contributed by atoms with van der Waals surface area (Å²) in [5.74, 6) is -1.51. The molecular formula is C20H21ClFNO3. The van der Waals surface area contributed by atoms with E-state index in [1.807, 2.05) is 24.3 Å². The van der Waals surface area contributed by atoms with Gasteiger partial charge in [-0.15, -0.1) is 0 Å². The first-order chi connectivity index (χ1) is 12.3. The van der Waals surface area contributed by atoms with Crippen LogP contribution in [-0.2, 0) is 9.53 Å². The summed E-state index contributed by atoms with van der Waals surface area (Å²) in [7, 11) is 0. The molecule has 0 aliphatic carbocycles. The second-order valence-corrected chi connectivity index (χ2v) is 6.46. The fourth-order valence-corrected chi connectivity index (χ4v) is 2.67. The number of nitrogens with one attached hydrogen (secondary N) is 1. The average molecular weight is 378 g/mol. The number of halogens is 2. The van der Waals surface area contributed by atoms with Crippen LogP contribution in [0.2, 0.25) is 5.02 Å². The van der Waals surface area contributed by atoms with Gasteiger partial charge in [-0.05, 0) is 49.1 Å². The number of carbonyl (C=O) groups excluding carboxylic acids is 2. The van der Waals surface area contributed by atoms with Crippen molar-refractivity contribution in [3.8, 4) is 0 Å². The fourth-order valence-electron chi connectivity index (χ4n) is 2.43. The number of carbonyl (C=O) groups is 2. The van der Waals surface area contributed by atoms with Gasteiger partial charge in [-0.2, -0.15) is 0 Å². The van der Waals surface area contributed by atoms with E-state index in [1.54, 1.807) is 0 Å². The van der Waals surface area contributed by atoms with Crippen molar-refractivity contribution in [3.05, 3.63) is 64.4 Å². The van der Waals surface area contributed by atoms with E-state index < -0.39 is 23.8 Å². The van der Waals surface area contributed by atoms with E-state index in [9.17, 15) is 14.0 Å². The molecule has 0 saturated carbocycles. The Kier molecular flexibility index (Phi) is 6.75. The molecule has 26 heavy (non-hydrogen) atoms. The van der Waals surface area contributed by atoms with Gasteiger partial charge in [0, 0.05) is 5.69 Å². The van der Waals surface area contributed by atoms with E-state index in [0.717, 1.165) is 24.1 Å². The molecule has 2 aromatic carbocycles. The molecule has 0 saturated heterocycles. The Balaban J connectivity index is 2.07. The normalized spacial score (nSPS) is 13.0. The number of benzene rings is 2. The Morgan fingerprint density at radius 2 is 1.88 bits per heavy atom. The minimum absolute atomic E-state index is 0.00715. The third-order valence-corrected chi connectivity index (χ3v) is 4.48. The molecular weight excluding hydrogens is 357 g/mol. The molecule has 0 aromatic heterocycles. The zero-order chi connectivity index (χ0) is 19.3. The number of ether oxygens (including phenoxy) is 1. The second kappa shape index (κ2) is 8.81. The summed E-state index contributed by atoms with van der Waals surface area (Å²) in [6.45, 7) is 5.61. The molecule has 0 aliphatic heterocycles. The lowest BCUT2D eigenvalue weighted by Gasteiger charge is -2.18. The molecule has 0 fully saturated rings. The van der Waals surface area contributed by atoms with Gasteiger partial charge in [-0.3, -0.25) is 4.79 Å². The van der Waals surface area contributed by atoms with Crippen LogP contribution in [0, 0.1) is 5.82 Å². The summed E-state index contributed by atoms with van der Waals surface area (Å²) < 4.78 is 18.2. The molecule has 6 heteroatoms. The number of hydrogen-bond acceptors (Lipinski definition) is 3. The topological polar surface area (TPSA) is 55.4 Å². The number of para-hydroxylation sites is 1. The lowest BCUT2D eigenvalue weighted by atomic mass is 9.97. The minimum atomic E-state index is -1.03. The van der Waals surface area contributed by atoms with Crippen LogP contribution in [0.5, 0.6) is 0 Å². The minimum Gasteiger partial charge on any atom is -0.449 e. The average Bonchev–Trinajstić information content (AvgIpc) is 2.61. The van der Waals surface area contributed by atoms with E-state index in [4.69, 9.17) is 16.3 Å². The maximum atomic E-state index is 13.1. The SMILES string of the molecule is CC[C@H](C)c1ccccc1NC(=O)[C@@H](C)OC(=O)c1ccc(F)cc1Cl. The highest BCUT2D eigenvalue weighted by Crippen LogP contribution is 2.26. The maximum absolute atomic E-state index is 13.1. The van der Waals surface area contributed by atoms with Crippen molar-refractivity contribution >= 4 is 29.2 Å². The molecule has 2 atom stereocenters. The van der Waals surface area contributed by atoms with Crippen molar-refractivity contribution in [3.63, 3.8) is 0 Å². The van der Waals surface area contributed by atoms with E-state index in [0.29, 0.717) is 5.69 Å². The van der Waals surface area contributed by atoms with Crippen molar-refractivity contribution in [2.45, 2.75) is 39.2 Å². The molecule has 1 amide bonds. The first kappa shape index (κ1) is 19.9. The number of hydrogen-bond donors (Lipinski definition) is 1. The number of esters is 1. The highest BCUT2D eigenvalue weighted by Gasteiger charge is 2.22. The summed E-state index contributed by atoms with van der Waals surface area (Å²) in [6, 6.07) is 10.9. The predicted molar refractivity (Wildman–Crippen MR) is 100 cm³/mol. The van der Waals surface area contributed by atoms with E-state index in [1.165, 1.54) is 13.0 Å². The molecule has 0 bridgehead atoms. The van der Waals surface area contributed by atoms with Crippen molar-refractivity contribution in [2.24, 2.45) is 0 Å². The van der Waals surface area contributed by atoms with Crippen LogP contribution < -0.4 is 5.32 Å². The lowest BCUT2D eigenvalue weighted by Crippen LogP contribution is -2.30. The van der Waals surface area contributed by atoms with Crippen LogP contribution in [0.3, 0.4) is 0 Å². The molecule has 0 heterocycles.